The molecule has 6 nitrogen and oxygen atoms in total. The SMILES string of the molecule is COc1ccc(S(=O)(=O)N2CCc3cc4ccc(OC)cc4nc32)cc1. The summed E-state index contributed by atoms with van der Waals surface area (Å²) >= 11 is 0. The number of pyridine rings is 1. The molecule has 0 unspecified atom stereocenters. The maximum atomic E-state index is 13.1. The molecule has 2 aromatic carbocycles. The highest BCUT2D eigenvalue weighted by Crippen LogP contribution is 2.34. The third kappa shape index (κ3) is 2.64. The van der Waals surface area contributed by atoms with Crippen molar-refractivity contribution in [3.05, 3.63) is 54.1 Å². The first kappa shape index (κ1) is 16.7. The molecule has 134 valence electrons. The molecule has 0 spiro atoms. The first-order chi connectivity index (χ1) is 12.5. The van der Waals surface area contributed by atoms with Gasteiger partial charge in [-0.3, -0.25) is 0 Å². The van der Waals surface area contributed by atoms with E-state index in [-0.39, 0.29) is 4.90 Å². The Balaban J connectivity index is 1.79. The monoisotopic (exact) mass is 370 g/mol. The zero-order chi connectivity index (χ0) is 18.3. The summed E-state index contributed by atoms with van der Waals surface area (Å²) in [7, 11) is -0.540. The normalized spacial score (nSPS) is 13.7. The number of ether oxygens (including phenoxy) is 2. The van der Waals surface area contributed by atoms with Crippen LogP contribution in [0.4, 0.5) is 5.82 Å². The second-order valence-corrected chi connectivity index (χ2v) is 7.89. The number of benzene rings is 2. The Morgan fingerprint density at radius 1 is 0.962 bits per heavy atom. The minimum atomic E-state index is -3.68. The molecule has 0 bridgehead atoms. The Morgan fingerprint density at radius 3 is 2.35 bits per heavy atom. The van der Waals surface area contributed by atoms with Gasteiger partial charge < -0.3 is 9.47 Å². The summed E-state index contributed by atoms with van der Waals surface area (Å²) in [6, 6.07) is 14.0. The van der Waals surface area contributed by atoms with Crippen LogP contribution in [0.3, 0.4) is 0 Å². The lowest BCUT2D eigenvalue weighted by Gasteiger charge is -2.19. The third-order valence-corrected chi connectivity index (χ3v) is 6.35. The molecule has 4 rings (SSSR count). The van der Waals surface area contributed by atoms with Crippen LogP contribution in [0.2, 0.25) is 0 Å². The molecule has 0 saturated carbocycles. The van der Waals surface area contributed by atoms with Gasteiger partial charge in [-0.2, -0.15) is 0 Å². The van der Waals surface area contributed by atoms with E-state index in [1.54, 1.807) is 38.5 Å². The number of sulfonamides is 1. The van der Waals surface area contributed by atoms with Crippen LogP contribution in [0.1, 0.15) is 5.56 Å². The van der Waals surface area contributed by atoms with Crippen molar-refractivity contribution in [3.63, 3.8) is 0 Å². The Hall–Kier alpha value is -2.80. The summed E-state index contributed by atoms with van der Waals surface area (Å²) in [6.45, 7) is 0.379. The van der Waals surface area contributed by atoms with E-state index in [1.165, 1.54) is 4.31 Å². The molecule has 0 atom stereocenters. The second-order valence-electron chi connectivity index (χ2n) is 6.03. The molecule has 0 aliphatic carbocycles. The molecule has 1 aliphatic rings. The van der Waals surface area contributed by atoms with Gasteiger partial charge in [-0.15, -0.1) is 0 Å². The maximum Gasteiger partial charge on any atom is 0.265 e. The predicted molar refractivity (Wildman–Crippen MR) is 99.5 cm³/mol. The van der Waals surface area contributed by atoms with E-state index < -0.39 is 10.0 Å². The van der Waals surface area contributed by atoms with Crippen LogP contribution in [0.15, 0.2) is 53.4 Å². The minimum Gasteiger partial charge on any atom is -0.497 e. The number of fused-ring (bicyclic) bond motifs is 2. The second kappa shape index (κ2) is 6.17. The number of aromatic nitrogens is 1. The average molecular weight is 370 g/mol. The van der Waals surface area contributed by atoms with Crippen LogP contribution in [0.5, 0.6) is 11.5 Å². The Morgan fingerprint density at radius 2 is 1.65 bits per heavy atom. The van der Waals surface area contributed by atoms with E-state index in [1.807, 2.05) is 24.3 Å². The highest BCUT2D eigenvalue weighted by Gasteiger charge is 2.32. The number of anilines is 1. The zero-order valence-corrected chi connectivity index (χ0v) is 15.3. The molecule has 0 amide bonds. The lowest BCUT2D eigenvalue weighted by atomic mass is 10.1. The van der Waals surface area contributed by atoms with Crippen LogP contribution in [0.25, 0.3) is 10.9 Å². The van der Waals surface area contributed by atoms with E-state index in [4.69, 9.17) is 9.47 Å². The smallest absolute Gasteiger partial charge is 0.265 e. The van der Waals surface area contributed by atoms with Crippen molar-refractivity contribution in [2.75, 3.05) is 25.1 Å². The molecule has 0 fully saturated rings. The Bertz CT molecular complexity index is 1080. The summed E-state index contributed by atoms with van der Waals surface area (Å²) in [4.78, 5) is 4.83. The quantitative estimate of drug-likeness (QED) is 0.706. The van der Waals surface area contributed by atoms with E-state index in [9.17, 15) is 8.42 Å². The maximum absolute atomic E-state index is 13.1. The fourth-order valence-corrected chi connectivity index (χ4v) is 4.60. The fourth-order valence-electron chi connectivity index (χ4n) is 3.14. The van der Waals surface area contributed by atoms with Crippen LogP contribution in [-0.4, -0.2) is 34.2 Å². The van der Waals surface area contributed by atoms with Crippen molar-refractivity contribution in [1.29, 1.82) is 0 Å². The third-order valence-electron chi connectivity index (χ3n) is 4.55. The van der Waals surface area contributed by atoms with Crippen molar-refractivity contribution in [3.8, 4) is 11.5 Å². The van der Waals surface area contributed by atoms with Gasteiger partial charge in [0.25, 0.3) is 10.0 Å². The molecule has 0 saturated heterocycles. The van der Waals surface area contributed by atoms with Crippen LogP contribution in [0, 0.1) is 0 Å². The Labute approximate surface area is 152 Å². The van der Waals surface area contributed by atoms with Crippen molar-refractivity contribution in [1.82, 2.24) is 4.98 Å². The summed E-state index contributed by atoms with van der Waals surface area (Å²) in [5.41, 5.74) is 1.64. The van der Waals surface area contributed by atoms with Crippen molar-refractivity contribution < 1.29 is 17.9 Å². The summed E-state index contributed by atoms with van der Waals surface area (Å²) in [6.07, 6.45) is 0.639. The number of hydrogen-bond donors (Lipinski definition) is 0. The van der Waals surface area contributed by atoms with Gasteiger partial charge in [0.05, 0.1) is 24.6 Å². The van der Waals surface area contributed by atoms with Gasteiger partial charge in [0.15, 0.2) is 0 Å². The molecule has 0 radical (unpaired) electrons. The van der Waals surface area contributed by atoms with Crippen molar-refractivity contribution >= 4 is 26.7 Å². The number of methoxy groups -OCH3 is 2. The van der Waals surface area contributed by atoms with Gasteiger partial charge in [0, 0.05) is 18.0 Å². The number of rotatable bonds is 4. The lowest BCUT2D eigenvalue weighted by molar-refractivity contribution is 0.414. The van der Waals surface area contributed by atoms with E-state index in [0.29, 0.717) is 35.8 Å². The van der Waals surface area contributed by atoms with E-state index >= 15 is 0 Å². The minimum absolute atomic E-state index is 0.221. The number of nitrogens with zero attached hydrogens (tertiary/aromatic N) is 2. The van der Waals surface area contributed by atoms with Gasteiger partial charge in [-0.1, -0.05) is 0 Å². The molecule has 26 heavy (non-hydrogen) atoms. The summed E-state index contributed by atoms with van der Waals surface area (Å²) in [5.74, 6) is 1.79. The van der Waals surface area contributed by atoms with Crippen LogP contribution in [-0.2, 0) is 16.4 Å². The van der Waals surface area contributed by atoms with Gasteiger partial charge in [-0.05, 0) is 54.4 Å². The van der Waals surface area contributed by atoms with Crippen LogP contribution >= 0.6 is 0 Å². The van der Waals surface area contributed by atoms with Gasteiger partial charge >= 0.3 is 0 Å². The molecule has 7 heteroatoms. The Kier molecular flexibility index (Phi) is 3.96. The van der Waals surface area contributed by atoms with Crippen molar-refractivity contribution in [2.24, 2.45) is 0 Å². The summed E-state index contributed by atoms with van der Waals surface area (Å²) < 4.78 is 37.9. The molecule has 1 aromatic heterocycles. The van der Waals surface area contributed by atoms with Gasteiger partial charge in [-0.25, -0.2) is 17.7 Å². The van der Waals surface area contributed by atoms with E-state index in [0.717, 1.165) is 10.9 Å². The average Bonchev–Trinajstić information content (AvgIpc) is 3.09. The highest BCUT2D eigenvalue weighted by atomic mass is 32.2. The largest absolute Gasteiger partial charge is 0.497 e. The summed E-state index contributed by atoms with van der Waals surface area (Å²) in [5, 5.41) is 0.966. The molecule has 0 N–H and O–H groups in total. The number of hydrogen-bond acceptors (Lipinski definition) is 5. The lowest BCUT2D eigenvalue weighted by Crippen LogP contribution is -2.29. The molecule has 3 aromatic rings. The predicted octanol–water partition coefficient (Wildman–Crippen LogP) is 3.00. The zero-order valence-electron chi connectivity index (χ0n) is 14.5. The standard InChI is InChI=1S/C19H18N2O4S/c1-24-15-5-7-17(8-6-15)26(22,23)21-10-9-14-11-13-3-4-16(25-2)12-18(13)20-19(14)21/h3-8,11-12H,9-10H2,1-2H3. The van der Waals surface area contributed by atoms with Crippen LogP contribution < -0.4 is 13.8 Å². The van der Waals surface area contributed by atoms with E-state index in [2.05, 4.69) is 4.98 Å². The van der Waals surface area contributed by atoms with Crippen molar-refractivity contribution in [2.45, 2.75) is 11.3 Å². The first-order valence-electron chi connectivity index (χ1n) is 8.17. The molecule has 2 heterocycles. The van der Waals surface area contributed by atoms with Gasteiger partial charge in [0.2, 0.25) is 0 Å². The molecular formula is C19H18N2O4S. The fraction of sp³-hybridized carbons (Fsp3) is 0.211. The first-order valence-corrected chi connectivity index (χ1v) is 9.61. The molecule has 1 aliphatic heterocycles. The molecular weight excluding hydrogens is 352 g/mol. The topological polar surface area (TPSA) is 68.7 Å². The highest BCUT2D eigenvalue weighted by molar-refractivity contribution is 7.92. The van der Waals surface area contributed by atoms with Gasteiger partial charge in [0.1, 0.15) is 17.3 Å².